The van der Waals surface area contributed by atoms with Gasteiger partial charge in [0.1, 0.15) is 17.0 Å². The molecule has 0 atom stereocenters. The van der Waals surface area contributed by atoms with Gasteiger partial charge in [0.25, 0.3) is 6.43 Å². The van der Waals surface area contributed by atoms with Gasteiger partial charge in [0, 0.05) is 6.07 Å². The monoisotopic (exact) mass is 301 g/mol. The van der Waals surface area contributed by atoms with E-state index in [1.54, 1.807) is 0 Å². The number of hydrogen-bond donors (Lipinski definition) is 0. The Bertz CT molecular complexity index is 503. The van der Waals surface area contributed by atoms with Crippen molar-refractivity contribution in [1.82, 2.24) is 4.98 Å². The average Bonchev–Trinajstić information content (AvgIpc) is 2.34. The predicted molar refractivity (Wildman–Crippen MR) is 53.8 cm³/mol. The van der Waals surface area contributed by atoms with Crippen molar-refractivity contribution in [2.24, 2.45) is 0 Å². The Kier molecular flexibility index (Phi) is 4.69. The molecule has 5 nitrogen and oxygen atoms in total. The highest BCUT2D eigenvalue weighted by molar-refractivity contribution is 5.94. The van der Waals surface area contributed by atoms with Crippen LogP contribution in [0.15, 0.2) is 6.07 Å². The molecule has 0 fully saturated rings. The highest BCUT2D eigenvalue weighted by atomic mass is 19.4. The molecule has 0 saturated carbocycles. The van der Waals surface area contributed by atoms with Crippen molar-refractivity contribution < 1.29 is 41.0 Å². The van der Waals surface area contributed by atoms with Gasteiger partial charge in [0.2, 0.25) is 5.88 Å². The summed E-state index contributed by atoms with van der Waals surface area (Å²) in [4.78, 5) is 14.3. The van der Waals surface area contributed by atoms with Crippen molar-refractivity contribution in [2.45, 2.75) is 12.8 Å². The van der Waals surface area contributed by atoms with Crippen molar-refractivity contribution in [3.63, 3.8) is 0 Å². The van der Waals surface area contributed by atoms with Crippen LogP contribution in [-0.4, -0.2) is 31.5 Å². The molecule has 1 rings (SSSR count). The summed E-state index contributed by atoms with van der Waals surface area (Å²) in [7, 11) is 1.89. The van der Waals surface area contributed by atoms with E-state index in [2.05, 4.69) is 19.2 Å². The van der Waals surface area contributed by atoms with Crippen LogP contribution in [0.2, 0.25) is 0 Å². The smallest absolute Gasteiger partial charge is 0.496 e. The van der Waals surface area contributed by atoms with Crippen molar-refractivity contribution >= 4 is 5.97 Å². The molecule has 10 heteroatoms. The lowest BCUT2D eigenvalue weighted by Crippen LogP contribution is -2.19. The van der Waals surface area contributed by atoms with Gasteiger partial charge in [-0.1, -0.05) is 0 Å². The minimum atomic E-state index is -5.12. The molecule has 1 heterocycles. The summed E-state index contributed by atoms with van der Waals surface area (Å²) in [5, 5.41) is 0. The number of pyridine rings is 1. The standard InChI is InChI=1S/C10H8F5NO4/c1-18-4-3-5(20-10(13,14)15)16-7(8(11)12)6(4)9(17)19-2/h3,8H,1-2H3. The fourth-order valence-electron chi connectivity index (χ4n) is 1.31. The van der Waals surface area contributed by atoms with Crippen molar-refractivity contribution in [3.05, 3.63) is 17.3 Å². The third-order valence-corrected chi connectivity index (χ3v) is 2.02. The van der Waals surface area contributed by atoms with E-state index < -0.39 is 41.6 Å². The molecular weight excluding hydrogens is 293 g/mol. The molecule has 0 spiro atoms. The van der Waals surface area contributed by atoms with Gasteiger partial charge < -0.3 is 14.2 Å². The summed E-state index contributed by atoms with van der Waals surface area (Å²) in [5.74, 6) is -2.96. The summed E-state index contributed by atoms with van der Waals surface area (Å²) in [5.41, 5.74) is -1.99. The number of carbonyl (C=O) groups excluding carboxylic acids is 1. The second-order valence-corrected chi connectivity index (χ2v) is 3.26. The number of halogens is 5. The van der Waals surface area contributed by atoms with Crippen LogP contribution in [0.1, 0.15) is 22.5 Å². The molecule has 0 N–H and O–H groups in total. The van der Waals surface area contributed by atoms with Crippen LogP contribution >= 0.6 is 0 Å². The Labute approximate surface area is 109 Å². The molecular formula is C10H8F5NO4. The van der Waals surface area contributed by atoms with Crippen LogP contribution in [0, 0.1) is 0 Å². The maximum Gasteiger partial charge on any atom is 0.574 e. The highest BCUT2D eigenvalue weighted by Gasteiger charge is 2.34. The number of methoxy groups -OCH3 is 2. The van der Waals surface area contributed by atoms with Crippen LogP contribution in [0.25, 0.3) is 0 Å². The van der Waals surface area contributed by atoms with Gasteiger partial charge in [0.05, 0.1) is 14.2 Å². The number of alkyl halides is 5. The van der Waals surface area contributed by atoms with Gasteiger partial charge in [-0.15, -0.1) is 13.2 Å². The summed E-state index contributed by atoms with van der Waals surface area (Å²) in [6.07, 6.45) is -8.45. The van der Waals surface area contributed by atoms with Crippen molar-refractivity contribution in [1.29, 1.82) is 0 Å². The number of ether oxygens (including phenoxy) is 3. The Morgan fingerprint density at radius 2 is 1.90 bits per heavy atom. The molecule has 0 aliphatic heterocycles. The van der Waals surface area contributed by atoms with E-state index in [4.69, 9.17) is 0 Å². The Hall–Kier alpha value is -2.13. The Morgan fingerprint density at radius 3 is 2.30 bits per heavy atom. The summed E-state index contributed by atoms with van der Waals surface area (Å²) < 4.78 is 74.0. The number of nitrogens with zero attached hydrogens (tertiary/aromatic N) is 1. The Morgan fingerprint density at radius 1 is 1.30 bits per heavy atom. The maximum atomic E-state index is 12.8. The first-order valence-electron chi connectivity index (χ1n) is 4.90. The third kappa shape index (κ3) is 3.68. The van der Waals surface area contributed by atoms with E-state index in [-0.39, 0.29) is 0 Å². The lowest BCUT2D eigenvalue weighted by atomic mass is 10.1. The number of aromatic nitrogens is 1. The molecule has 1 aromatic heterocycles. The van der Waals surface area contributed by atoms with Gasteiger partial charge in [-0.2, -0.15) is 0 Å². The van der Waals surface area contributed by atoms with Gasteiger partial charge in [-0.05, 0) is 0 Å². The normalized spacial score (nSPS) is 11.4. The van der Waals surface area contributed by atoms with Gasteiger partial charge in [-0.3, -0.25) is 0 Å². The maximum absolute atomic E-state index is 12.8. The number of hydrogen-bond acceptors (Lipinski definition) is 5. The molecule has 0 aliphatic rings. The molecule has 0 aliphatic carbocycles. The number of rotatable bonds is 4. The zero-order valence-electron chi connectivity index (χ0n) is 10.1. The lowest BCUT2D eigenvalue weighted by Gasteiger charge is -2.14. The SMILES string of the molecule is COC(=O)c1c(OC)cc(OC(F)(F)F)nc1C(F)F. The first kappa shape index (κ1) is 15.9. The number of esters is 1. The molecule has 0 bridgehead atoms. The van der Waals surface area contributed by atoms with Crippen molar-refractivity contribution in [3.8, 4) is 11.6 Å². The molecule has 1 aromatic rings. The van der Waals surface area contributed by atoms with E-state index in [0.29, 0.717) is 6.07 Å². The van der Waals surface area contributed by atoms with E-state index in [1.165, 1.54) is 0 Å². The second kappa shape index (κ2) is 5.88. The van der Waals surface area contributed by atoms with E-state index in [9.17, 15) is 26.7 Å². The van der Waals surface area contributed by atoms with E-state index >= 15 is 0 Å². The van der Waals surface area contributed by atoms with Crippen LogP contribution < -0.4 is 9.47 Å². The van der Waals surface area contributed by atoms with Crippen LogP contribution in [0.4, 0.5) is 22.0 Å². The van der Waals surface area contributed by atoms with Crippen LogP contribution in [-0.2, 0) is 4.74 Å². The van der Waals surface area contributed by atoms with E-state index in [0.717, 1.165) is 14.2 Å². The fourth-order valence-corrected chi connectivity index (χ4v) is 1.31. The second-order valence-electron chi connectivity index (χ2n) is 3.26. The predicted octanol–water partition coefficient (Wildman–Crippen LogP) is 2.71. The lowest BCUT2D eigenvalue weighted by molar-refractivity contribution is -0.276. The number of carbonyl (C=O) groups is 1. The summed E-state index contributed by atoms with van der Waals surface area (Å²) in [6.45, 7) is 0. The Balaban J connectivity index is 3.42. The zero-order valence-corrected chi connectivity index (χ0v) is 10.1. The largest absolute Gasteiger partial charge is 0.574 e. The first-order chi connectivity index (χ1) is 9.19. The molecule has 20 heavy (non-hydrogen) atoms. The highest BCUT2D eigenvalue weighted by Crippen LogP contribution is 2.34. The molecule has 0 saturated heterocycles. The molecule has 112 valence electrons. The summed E-state index contributed by atoms with van der Waals surface area (Å²) in [6, 6.07) is 0.561. The van der Waals surface area contributed by atoms with Gasteiger partial charge in [0.15, 0.2) is 0 Å². The van der Waals surface area contributed by atoms with Crippen molar-refractivity contribution in [2.75, 3.05) is 14.2 Å². The molecule has 0 amide bonds. The van der Waals surface area contributed by atoms with E-state index in [1.807, 2.05) is 0 Å². The summed E-state index contributed by atoms with van der Waals surface area (Å²) >= 11 is 0. The van der Waals surface area contributed by atoms with Gasteiger partial charge in [-0.25, -0.2) is 18.6 Å². The minimum Gasteiger partial charge on any atom is -0.496 e. The fraction of sp³-hybridized carbons (Fsp3) is 0.400. The quantitative estimate of drug-likeness (QED) is 0.632. The van der Waals surface area contributed by atoms with Crippen LogP contribution in [0.5, 0.6) is 11.6 Å². The third-order valence-electron chi connectivity index (χ3n) is 2.02. The molecule has 0 aromatic carbocycles. The topological polar surface area (TPSA) is 57.7 Å². The van der Waals surface area contributed by atoms with Gasteiger partial charge >= 0.3 is 12.3 Å². The first-order valence-corrected chi connectivity index (χ1v) is 4.90. The average molecular weight is 301 g/mol. The minimum absolute atomic E-state index is 0.561. The zero-order chi connectivity index (χ0) is 15.5. The van der Waals surface area contributed by atoms with Crippen LogP contribution in [0.3, 0.4) is 0 Å². The molecule has 0 unspecified atom stereocenters. The molecule has 0 radical (unpaired) electrons.